The number of anilines is 3. The van der Waals surface area contributed by atoms with Gasteiger partial charge in [0.05, 0.1) is 29.3 Å². The molecule has 0 saturated carbocycles. The van der Waals surface area contributed by atoms with Gasteiger partial charge in [-0.1, -0.05) is 6.07 Å². The standard InChI is InChI=1S/C16H19ClN4O3S/c1-16(2,3)25(22,23)21-11-6-4-5-10(7-11)18-14-12-8-24-9-13(12)19-15(17)20-14/h4-7,21H,8-9H2,1-3H3,(H,18,19,20). The minimum atomic E-state index is -3.50. The summed E-state index contributed by atoms with van der Waals surface area (Å²) in [5.74, 6) is 0.559. The lowest BCUT2D eigenvalue weighted by molar-refractivity contribution is 0.133. The molecule has 2 aromatic rings. The second kappa shape index (κ2) is 6.44. The van der Waals surface area contributed by atoms with Crippen LogP contribution in [0.15, 0.2) is 24.3 Å². The Labute approximate surface area is 151 Å². The molecule has 0 fully saturated rings. The molecule has 25 heavy (non-hydrogen) atoms. The Kier molecular flexibility index (Phi) is 4.61. The van der Waals surface area contributed by atoms with Crippen molar-refractivity contribution < 1.29 is 13.2 Å². The van der Waals surface area contributed by atoms with E-state index in [0.29, 0.717) is 30.4 Å². The van der Waals surface area contributed by atoms with Crippen LogP contribution in [0.25, 0.3) is 0 Å². The monoisotopic (exact) mass is 382 g/mol. The van der Waals surface area contributed by atoms with Crippen LogP contribution < -0.4 is 10.0 Å². The summed E-state index contributed by atoms with van der Waals surface area (Å²) in [4.78, 5) is 8.35. The average Bonchev–Trinajstić information content (AvgIpc) is 2.94. The highest BCUT2D eigenvalue weighted by atomic mass is 35.5. The molecule has 1 aromatic heterocycles. The Hall–Kier alpha value is -1.90. The van der Waals surface area contributed by atoms with Crippen LogP contribution in [0.4, 0.5) is 17.2 Å². The van der Waals surface area contributed by atoms with Gasteiger partial charge < -0.3 is 10.1 Å². The fraction of sp³-hybridized carbons (Fsp3) is 0.375. The van der Waals surface area contributed by atoms with E-state index in [1.54, 1.807) is 39.0 Å². The Bertz CT molecular complexity index is 910. The minimum absolute atomic E-state index is 0.135. The highest BCUT2D eigenvalue weighted by molar-refractivity contribution is 7.94. The van der Waals surface area contributed by atoms with Crippen molar-refractivity contribution in [2.45, 2.75) is 38.7 Å². The third-order valence-corrected chi connectivity index (χ3v) is 6.02. The van der Waals surface area contributed by atoms with Crippen molar-refractivity contribution in [2.75, 3.05) is 10.0 Å². The molecule has 2 heterocycles. The molecule has 0 saturated heterocycles. The number of aromatic nitrogens is 2. The zero-order valence-corrected chi connectivity index (χ0v) is 15.7. The number of nitrogens with zero attached hydrogens (tertiary/aromatic N) is 2. The van der Waals surface area contributed by atoms with Crippen LogP contribution in [0.3, 0.4) is 0 Å². The number of rotatable bonds is 4. The fourth-order valence-electron chi connectivity index (χ4n) is 2.23. The van der Waals surface area contributed by atoms with E-state index in [4.69, 9.17) is 16.3 Å². The fourth-order valence-corrected chi connectivity index (χ4v) is 3.16. The molecule has 0 aliphatic carbocycles. The smallest absolute Gasteiger partial charge is 0.237 e. The zero-order chi connectivity index (χ0) is 18.2. The van der Waals surface area contributed by atoms with Crippen LogP contribution >= 0.6 is 11.6 Å². The Morgan fingerprint density at radius 2 is 1.88 bits per heavy atom. The molecular weight excluding hydrogens is 364 g/mol. The highest BCUT2D eigenvalue weighted by Gasteiger charge is 2.29. The molecule has 1 aliphatic rings. The van der Waals surface area contributed by atoms with Gasteiger partial charge in [0.1, 0.15) is 5.82 Å². The Balaban J connectivity index is 1.87. The first-order chi connectivity index (χ1) is 11.7. The van der Waals surface area contributed by atoms with E-state index >= 15 is 0 Å². The first-order valence-electron chi connectivity index (χ1n) is 7.68. The van der Waals surface area contributed by atoms with E-state index in [1.165, 1.54) is 0 Å². The molecular formula is C16H19ClN4O3S. The number of nitrogens with one attached hydrogen (secondary N) is 2. The summed E-state index contributed by atoms with van der Waals surface area (Å²) in [7, 11) is -3.50. The van der Waals surface area contributed by atoms with Crippen molar-refractivity contribution in [1.29, 1.82) is 0 Å². The Morgan fingerprint density at radius 3 is 2.60 bits per heavy atom. The third kappa shape index (κ3) is 3.86. The molecule has 2 N–H and O–H groups in total. The first kappa shape index (κ1) is 17.9. The molecule has 3 rings (SSSR count). The summed E-state index contributed by atoms with van der Waals surface area (Å²) in [5, 5.41) is 3.30. The van der Waals surface area contributed by atoms with Crippen LogP contribution in [0.1, 0.15) is 32.0 Å². The number of hydrogen-bond acceptors (Lipinski definition) is 6. The van der Waals surface area contributed by atoms with E-state index < -0.39 is 14.8 Å². The van der Waals surface area contributed by atoms with Gasteiger partial charge in [0.2, 0.25) is 15.3 Å². The molecule has 0 spiro atoms. The van der Waals surface area contributed by atoms with Crippen LogP contribution in [0.2, 0.25) is 5.28 Å². The summed E-state index contributed by atoms with van der Waals surface area (Å²) in [6.45, 7) is 5.74. The molecule has 0 bridgehead atoms. The molecule has 134 valence electrons. The van der Waals surface area contributed by atoms with Crippen molar-refractivity contribution in [2.24, 2.45) is 0 Å². The maximum Gasteiger partial charge on any atom is 0.237 e. The van der Waals surface area contributed by atoms with Crippen LogP contribution in [0, 0.1) is 0 Å². The molecule has 0 unspecified atom stereocenters. The van der Waals surface area contributed by atoms with Crippen LogP contribution in [-0.4, -0.2) is 23.1 Å². The number of sulfonamides is 1. The largest absolute Gasteiger partial charge is 0.370 e. The van der Waals surface area contributed by atoms with Crippen molar-refractivity contribution in [1.82, 2.24) is 9.97 Å². The van der Waals surface area contributed by atoms with Gasteiger partial charge in [-0.05, 0) is 50.6 Å². The van der Waals surface area contributed by atoms with E-state index in [1.807, 2.05) is 6.07 Å². The average molecular weight is 383 g/mol. The van der Waals surface area contributed by atoms with Gasteiger partial charge in [-0.15, -0.1) is 0 Å². The van der Waals surface area contributed by atoms with Gasteiger partial charge in [0.15, 0.2) is 0 Å². The topological polar surface area (TPSA) is 93.2 Å². The van der Waals surface area contributed by atoms with Crippen molar-refractivity contribution in [3.8, 4) is 0 Å². The number of hydrogen-bond donors (Lipinski definition) is 2. The summed E-state index contributed by atoms with van der Waals surface area (Å²) >= 11 is 5.95. The first-order valence-corrected chi connectivity index (χ1v) is 9.54. The van der Waals surface area contributed by atoms with E-state index in [0.717, 1.165) is 11.3 Å². The van der Waals surface area contributed by atoms with Gasteiger partial charge in [0.25, 0.3) is 0 Å². The molecule has 1 aromatic carbocycles. The van der Waals surface area contributed by atoms with Crippen molar-refractivity contribution in [3.05, 3.63) is 40.8 Å². The molecule has 0 amide bonds. The quantitative estimate of drug-likeness (QED) is 0.787. The molecule has 0 radical (unpaired) electrons. The second-order valence-electron chi connectivity index (χ2n) is 6.68. The number of benzene rings is 1. The van der Waals surface area contributed by atoms with Crippen molar-refractivity contribution in [3.63, 3.8) is 0 Å². The van der Waals surface area contributed by atoms with Gasteiger partial charge in [-0.25, -0.2) is 18.4 Å². The number of halogens is 1. The van der Waals surface area contributed by atoms with Crippen molar-refractivity contribution >= 4 is 38.8 Å². The summed E-state index contributed by atoms with van der Waals surface area (Å²) in [5.41, 5.74) is 2.75. The third-order valence-electron chi connectivity index (χ3n) is 3.73. The van der Waals surface area contributed by atoms with E-state index in [-0.39, 0.29) is 5.28 Å². The van der Waals surface area contributed by atoms with Crippen LogP contribution in [0.5, 0.6) is 0 Å². The zero-order valence-electron chi connectivity index (χ0n) is 14.1. The summed E-state index contributed by atoms with van der Waals surface area (Å²) < 4.78 is 31.7. The van der Waals surface area contributed by atoms with Gasteiger partial charge >= 0.3 is 0 Å². The predicted octanol–water partition coefficient (Wildman–Crippen LogP) is 3.44. The molecule has 1 aliphatic heterocycles. The van der Waals surface area contributed by atoms with E-state index in [9.17, 15) is 8.42 Å². The highest BCUT2D eigenvalue weighted by Crippen LogP contribution is 2.29. The summed E-state index contributed by atoms with van der Waals surface area (Å²) in [6, 6.07) is 6.95. The SMILES string of the molecule is CC(C)(C)S(=O)(=O)Nc1cccc(Nc2nc(Cl)nc3c2COC3)c1. The van der Waals surface area contributed by atoms with Crippen LogP contribution in [-0.2, 0) is 28.0 Å². The lowest BCUT2D eigenvalue weighted by Gasteiger charge is -2.20. The lowest BCUT2D eigenvalue weighted by Crippen LogP contribution is -2.33. The number of ether oxygens (including phenoxy) is 1. The predicted molar refractivity (Wildman–Crippen MR) is 97.6 cm³/mol. The Morgan fingerprint density at radius 1 is 1.16 bits per heavy atom. The van der Waals surface area contributed by atoms with Gasteiger partial charge in [0, 0.05) is 11.3 Å². The molecule has 7 nitrogen and oxygen atoms in total. The van der Waals surface area contributed by atoms with Gasteiger partial charge in [-0.2, -0.15) is 0 Å². The summed E-state index contributed by atoms with van der Waals surface area (Å²) in [6.07, 6.45) is 0. The number of fused-ring (bicyclic) bond motifs is 1. The normalized spacial score (nSPS) is 14.2. The molecule has 9 heteroatoms. The minimum Gasteiger partial charge on any atom is -0.370 e. The maximum absolute atomic E-state index is 12.3. The molecule has 0 atom stereocenters. The van der Waals surface area contributed by atoms with E-state index in [2.05, 4.69) is 20.0 Å². The van der Waals surface area contributed by atoms with Gasteiger partial charge in [-0.3, -0.25) is 4.72 Å². The maximum atomic E-state index is 12.3. The lowest BCUT2D eigenvalue weighted by atomic mass is 10.2. The second-order valence-corrected chi connectivity index (χ2v) is 9.46.